The molecule has 0 radical (unpaired) electrons. The van der Waals surface area contributed by atoms with Crippen LogP contribution in [-0.4, -0.2) is 75.4 Å². The number of nitro groups is 1. The minimum Gasteiger partial charge on any atom is -0.504 e. The number of nitro benzene ring substituents is 1. The van der Waals surface area contributed by atoms with Crippen LogP contribution in [0.2, 0.25) is 0 Å². The smallest absolute Gasteiger partial charge is 0.339 e. The molecule has 0 aromatic heterocycles. The van der Waals surface area contributed by atoms with E-state index in [2.05, 4.69) is 0 Å². The van der Waals surface area contributed by atoms with Crippen molar-refractivity contribution in [3.05, 3.63) is 63.2 Å². The quantitative estimate of drug-likeness (QED) is 0.189. The zero-order valence-corrected chi connectivity index (χ0v) is 18.6. The number of fused-ring (bicyclic) bond motifs is 3. The van der Waals surface area contributed by atoms with Gasteiger partial charge in [0.05, 0.1) is 17.6 Å². The molecule has 0 unspecified atom stereocenters. The summed E-state index contributed by atoms with van der Waals surface area (Å²) in [7, 11) is 1.19. The second-order valence-electron chi connectivity index (χ2n) is 8.00. The third kappa shape index (κ3) is 4.54. The lowest BCUT2D eigenvalue weighted by molar-refractivity contribution is -0.384. The Balaban J connectivity index is 1.49. The van der Waals surface area contributed by atoms with Crippen molar-refractivity contribution in [1.82, 2.24) is 0 Å². The average molecular weight is 503 g/mol. The summed E-state index contributed by atoms with van der Waals surface area (Å²) in [5, 5.41) is 52.3. The fourth-order valence-electron chi connectivity index (χ4n) is 4.02. The molecule has 0 bridgehead atoms. The van der Waals surface area contributed by atoms with E-state index < -0.39 is 65.5 Å². The molecule has 2 heterocycles. The monoisotopic (exact) mass is 503 g/mol. The molecule has 5 atom stereocenters. The van der Waals surface area contributed by atoms with Crippen LogP contribution in [0.25, 0.3) is 6.08 Å². The lowest BCUT2D eigenvalue weighted by Crippen LogP contribution is -2.58. The number of aromatic hydroxyl groups is 2. The van der Waals surface area contributed by atoms with Gasteiger partial charge in [0.1, 0.15) is 31.0 Å². The van der Waals surface area contributed by atoms with Crippen LogP contribution in [0.4, 0.5) is 5.69 Å². The number of rotatable bonds is 6. The van der Waals surface area contributed by atoms with Gasteiger partial charge in [-0.2, -0.15) is 0 Å². The standard InChI is InChI=1S/C23H21NO12/c1-33-20-13(25)8-12-16(18(20)28)21-22(36-23(12)30)19(29)17(27)14(35-21)9-34-15(26)7-4-10-2-5-11(6-3-10)24(31)32/h2-8,14,17,19,21-22,25,27-29H,9H2,1H3/b7-4+/t14-,17-,19+,21+,22-/m1/s1. The number of carbonyl (C=O) groups is 2. The molecule has 1 saturated heterocycles. The minimum atomic E-state index is -1.65. The first-order chi connectivity index (χ1) is 17.1. The van der Waals surface area contributed by atoms with Crippen molar-refractivity contribution in [2.24, 2.45) is 0 Å². The number of hydrogen-bond acceptors (Lipinski definition) is 12. The average Bonchev–Trinajstić information content (AvgIpc) is 2.85. The van der Waals surface area contributed by atoms with Gasteiger partial charge < -0.3 is 39.4 Å². The number of ether oxygens (including phenoxy) is 4. The third-order valence-corrected chi connectivity index (χ3v) is 5.82. The van der Waals surface area contributed by atoms with E-state index in [1.165, 1.54) is 37.5 Å². The van der Waals surface area contributed by atoms with E-state index in [0.717, 1.165) is 12.1 Å². The SMILES string of the molecule is COc1c(O)cc2c(c1O)[C@@H]1O[C@H](COC(=O)/C=C/c3ccc([N+](=O)[O-])cc3)[C@@H](O)[C@H](O)[C@H]1OC2=O. The molecule has 4 rings (SSSR count). The first kappa shape index (κ1) is 24.9. The van der Waals surface area contributed by atoms with Gasteiger partial charge in [-0.25, -0.2) is 9.59 Å². The highest BCUT2D eigenvalue weighted by Crippen LogP contribution is 2.49. The summed E-state index contributed by atoms with van der Waals surface area (Å²) in [4.78, 5) is 34.7. The molecule has 36 heavy (non-hydrogen) atoms. The van der Waals surface area contributed by atoms with E-state index in [-0.39, 0.29) is 22.6 Å². The number of esters is 2. The Hall–Kier alpha value is -4.20. The molecule has 0 aliphatic carbocycles. The van der Waals surface area contributed by atoms with Crippen LogP contribution < -0.4 is 4.74 Å². The predicted octanol–water partition coefficient (Wildman–Crippen LogP) is 0.972. The highest BCUT2D eigenvalue weighted by atomic mass is 16.6. The van der Waals surface area contributed by atoms with Gasteiger partial charge in [-0.15, -0.1) is 0 Å². The molecule has 2 aliphatic rings. The first-order valence-corrected chi connectivity index (χ1v) is 10.6. The number of nitrogens with zero attached hydrogens (tertiary/aromatic N) is 1. The molecule has 13 nitrogen and oxygen atoms in total. The van der Waals surface area contributed by atoms with Crippen molar-refractivity contribution in [3.8, 4) is 17.2 Å². The molecule has 0 amide bonds. The molecule has 4 N–H and O–H groups in total. The van der Waals surface area contributed by atoms with Crippen molar-refractivity contribution in [2.75, 3.05) is 13.7 Å². The Kier molecular flexibility index (Phi) is 6.79. The Morgan fingerprint density at radius 2 is 1.89 bits per heavy atom. The summed E-state index contributed by atoms with van der Waals surface area (Å²) in [5.41, 5.74) is 0.0468. The number of aliphatic hydroxyl groups is 2. The molecule has 0 spiro atoms. The molecular weight excluding hydrogens is 482 g/mol. The van der Waals surface area contributed by atoms with Crippen molar-refractivity contribution in [3.63, 3.8) is 0 Å². The lowest BCUT2D eigenvalue weighted by atomic mass is 9.86. The lowest BCUT2D eigenvalue weighted by Gasteiger charge is -2.44. The molecule has 2 aromatic rings. The Morgan fingerprint density at radius 1 is 1.19 bits per heavy atom. The summed E-state index contributed by atoms with van der Waals surface area (Å²) in [6, 6.07) is 6.44. The fourth-order valence-corrected chi connectivity index (χ4v) is 4.02. The number of methoxy groups -OCH3 is 1. The number of non-ortho nitro benzene ring substituents is 1. The maximum absolute atomic E-state index is 12.4. The zero-order valence-electron chi connectivity index (χ0n) is 18.6. The van der Waals surface area contributed by atoms with Gasteiger partial charge in [-0.05, 0) is 29.8 Å². The van der Waals surface area contributed by atoms with Crippen LogP contribution in [-0.2, 0) is 19.0 Å². The normalized spacial score (nSPS) is 25.0. The van der Waals surface area contributed by atoms with Gasteiger partial charge in [-0.3, -0.25) is 10.1 Å². The second-order valence-corrected chi connectivity index (χ2v) is 8.00. The molecule has 1 fully saturated rings. The van der Waals surface area contributed by atoms with Crippen LogP contribution in [0.5, 0.6) is 17.2 Å². The molecule has 13 heteroatoms. The van der Waals surface area contributed by atoms with E-state index >= 15 is 0 Å². The fraction of sp³-hybridized carbons (Fsp3) is 0.304. The predicted molar refractivity (Wildman–Crippen MR) is 118 cm³/mol. The Labute approximate surface area is 202 Å². The number of phenolic OH excluding ortho intramolecular Hbond substituents is 2. The van der Waals surface area contributed by atoms with E-state index in [1.54, 1.807) is 0 Å². The summed E-state index contributed by atoms with van der Waals surface area (Å²) in [5.74, 6) is -3.25. The molecule has 0 saturated carbocycles. The summed E-state index contributed by atoms with van der Waals surface area (Å²) < 4.78 is 21.0. The molecule has 2 aliphatic heterocycles. The Bertz CT molecular complexity index is 1220. The van der Waals surface area contributed by atoms with Gasteiger partial charge in [0.25, 0.3) is 5.69 Å². The highest BCUT2D eigenvalue weighted by molar-refractivity contribution is 5.95. The van der Waals surface area contributed by atoms with Crippen molar-refractivity contribution in [2.45, 2.75) is 30.5 Å². The topological polar surface area (TPSA) is 195 Å². The van der Waals surface area contributed by atoms with Crippen LogP contribution in [0, 0.1) is 10.1 Å². The van der Waals surface area contributed by atoms with E-state index in [9.17, 15) is 40.1 Å². The van der Waals surface area contributed by atoms with Crippen LogP contribution >= 0.6 is 0 Å². The largest absolute Gasteiger partial charge is 0.504 e. The van der Waals surface area contributed by atoms with E-state index in [4.69, 9.17) is 18.9 Å². The van der Waals surface area contributed by atoms with Gasteiger partial charge >= 0.3 is 11.9 Å². The third-order valence-electron chi connectivity index (χ3n) is 5.82. The second kappa shape index (κ2) is 9.81. The summed E-state index contributed by atoms with van der Waals surface area (Å²) >= 11 is 0. The van der Waals surface area contributed by atoms with Gasteiger partial charge in [0.2, 0.25) is 5.75 Å². The van der Waals surface area contributed by atoms with Crippen molar-refractivity contribution < 1.29 is 53.9 Å². The molecule has 2 aromatic carbocycles. The van der Waals surface area contributed by atoms with E-state index in [0.29, 0.717) is 5.56 Å². The zero-order chi connectivity index (χ0) is 26.1. The van der Waals surface area contributed by atoms with Gasteiger partial charge in [-0.1, -0.05) is 0 Å². The number of aliphatic hydroxyl groups excluding tert-OH is 2. The maximum atomic E-state index is 12.4. The van der Waals surface area contributed by atoms with Crippen LogP contribution in [0.1, 0.15) is 27.6 Å². The van der Waals surface area contributed by atoms with E-state index in [1.807, 2.05) is 0 Å². The Morgan fingerprint density at radius 3 is 2.53 bits per heavy atom. The molecule has 190 valence electrons. The first-order valence-electron chi connectivity index (χ1n) is 10.6. The number of carbonyl (C=O) groups excluding carboxylic acids is 2. The van der Waals surface area contributed by atoms with Crippen LogP contribution in [0.3, 0.4) is 0 Å². The molecular formula is C23H21NO12. The summed E-state index contributed by atoms with van der Waals surface area (Å²) in [6.45, 7) is -0.510. The highest BCUT2D eigenvalue weighted by Gasteiger charge is 2.52. The minimum absolute atomic E-state index is 0.108. The number of benzene rings is 2. The number of hydrogen-bond donors (Lipinski definition) is 4. The van der Waals surface area contributed by atoms with Crippen LogP contribution in [0.15, 0.2) is 36.4 Å². The number of phenols is 2. The van der Waals surface area contributed by atoms with Gasteiger partial charge in [0, 0.05) is 23.8 Å². The van der Waals surface area contributed by atoms with Crippen molar-refractivity contribution >= 4 is 23.7 Å². The van der Waals surface area contributed by atoms with Gasteiger partial charge in [0.15, 0.2) is 17.6 Å². The van der Waals surface area contributed by atoms with Crippen molar-refractivity contribution in [1.29, 1.82) is 0 Å². The maximum Gasteiger partial charge on any atom is 0.339 e. The summed E-state index contributed by atoms with van der Waals surface area (Å²) in [6.07, 6.45) is -4.79.